The van der Waals surface area contributed by atoms with Crippen molar-refractivity contribution in [1.29, 1.82) is 0 Å². The van der Waals surface area contributed by atoms with Crippen molar-refractivity contribution in [3.63, 3.8) is 0 Å². The first kappa shape index (κ1) is 19.6. The second kappa shape index (κ2) is 8.37. The second-order valence-electron chi connectivity index (χ2n) is 7.45. The fraction of sp³-hybridized carbons (Fsp3) is 0.208. The molecule has 6 heteroatoms. The number of carbonyl (C=O) groups excluding carboxylic acids is 1. The topological polar surface area (TPSA) is 71.0 Å². The summed E-state index contributed by atoms with van der Waals surface area (Å²) in [7, 11) is 3.49. The van der Waals surface area contributed by atoms with E-state index in [9.17, 15) is 9.59 Å². The third-order valence-electron chi connectivity index (χ3n) is 5.37. The van der Waals surface area contributed by atoms with Crippen molar-refractivity contribution in [3.05, 3.63) is 88.3 Å². The first-order chi connectivity index (χ1) is 14.5. The summed E-state index contributed by atoms with van der Waals surface area (Å²) in [6.45, 7) is 0.585. The van der Waals surface area contributed by atoms with Crippen LogP contribution < -0.4 is 5.56 Å². The van der Waals surface area contributed by atoms with Crippen LogP contribution >= 0.6 is 0 Å². The van der Waals surface area contributed by atoms with Gasteiger partial charge in [-0.25, -0.2) is 0 Å². The molecule has 2 aromatic carbocycles. The highest BCUT2D eigenvalue weighted by molar-refractivity contribution is 6.06. The predicted molar refractivity (Wildman–Crippen MR) is 118 cm³/mol. The van der Waals surface area contributed by atoms with E-state index in [1.165, 1.54) is 6.07 Å². The van der Waals surface area contributed by atoms with Crippen molar-refractivity contribution in [1.82, 2.24) is 19.7 Å². The maximum Gasteiger partial charge on any atom is 0.254 e. The molecule has 0 radical (unpaired) electrons. The number of carbonyl (C=O) groups is 1. The number of aromatic amines is 1. The number of hydrogen-bond acceptors (Lipinski definition) is 3. The molecule has 2 heterocycles. The van der Waals surface area contributed by atoms with Crippen molar-refractivity contribution in [3.8, 4) is 11.3 Å². The van der Waals surface area contributed by atoms with Crippen molar-refractivity contribution >= 4 is 16.8 Å². The zero-order chi connectivity index (χ0) is 21.1. The lowest BCUT2D eigenvalue weighted by atomic mass is 10.1. The van der Waals surface area contributed by atoms with Gasteiger partial charge in [0, 0.05) is 43.4 Å². The lowest BCUT2D eigenvalue weighted by Crippen LogP contribution is -2.30. The van der Waals surface area contributed by atoms with Crippen LogP contribution in [0, 0.1) is 0 Å². The van der Waals surface area contributed by atoms with E-state index in [0.717, 1.165) is 40.7 Å². The molecular formula is C24H24N4O2. The first-order valence-corrected chi connectivity index (χ1v) is 9.98. The summed E-state index contributed by atoms with van der Waals surface area (Å²) in [4.78, 5) is 27.0. The Morgan fingerprint density at radius 3 is 2.60 bits per heavy atom. The minimum absolute atomic E-state index is 0.140. The van der Waals surface area contributed by atoms with Gasteiger partial charge in [0.15, 0.2) is 0 Å². The minimum Gasteiger partial charge on any atom is -0.342 e. The van der Waals surface area contributed by atoms with E-state index in [4.69, 9.17) is 0 Å². The number of nitrogens with zero attached hydrogens (tertiary/aromatic N) is 3. The molecule has 4 aromatic rings. The number of fused-ring (bicyclic) bond motifs is 1. The maximum absolute atomic E-state index is 13.0. The van der Waals surface area contributed by atoms with E-state index in [-0.39, 0.29) is 11.5 Å². The van der Waals surface area contributed by atoms with Crippen molar-refractivity contribution in [2.75, 3.05) is 13.6 Å². The van der Waals surface area contributed by atoms with E-state index in [1.54, 1.807) is 23.6 Å². The number of amides is 1. The van der Waals surface area contributed by atoms with E-state index >= 15 is 0 Å². The SMILES string of the molecule is CN(CCCc1cc(-c2ccccc2)n[nH]1)C(=O)c1cc(=O)n(C)c2ccccc12. The Morgan fingerprint density at radius 1 is 1.07 bits per heavy atom. The van der Waals surface area contributed by atoms with Gasteiger partial charge in [-0.3, -0.25) is 14.7 Å². The number of pyridine rings is 1. The number of rotatable bonds is 6. The average molecular weight is 400 g/mol. The quantitative estimate of drug-likeness (QED) is 0.537. The number of nitrogens with one attached hydrogen (secondary N) is 1. The molecule has 0 aliphatic carbocycles. The van der Waals surface area contributed by atoms with Gasteiger partial charge in [0.25, 0.3) is 11.5 Å². The molecular weight excluding hydrogens is 376 g/mol. The molecule has 1 N–H and O–H groups in total. The van der Waals surface area contributed by atoms with E-state index in [0.29, 0.717) is 12.1 Å². The Kier molecular flexibility index (Phi) is 5.48. The second-order valence-corrected chi connectivity index (χ2v) is 7.45. The zero-order valence-corrected chi connectivity index (χ0v) is 17.1. The first-order valence-electron chi connectivity index (χ1n) is 9.98. The lowest BCUT2D eigenvalue weighted by molar-refractivity contribution is 0.0795. The molecule has 30 heavy (non-hydrogen) atoms. The monoisotopic (exact) mass is 400 g/mol. The van der Waals surface area contributed by atoms with Gasteiger partial charge >= 0.3 is 0 Å². The molecule has 4 rings (SSSR count). The Hall–Kier alpha value is -3.67. The highest BCUT2D eigenvalue weighted by Gasteiger charge is 2.17. The number of para-hydroxylation sites is 1. The summed E-state index contributed by atoms with van der Waals surface area (Å²) < 4.78 is 1.56. The van der Waals surface area contributed by atoms with Gasteiger partial charge in [-0.15, -0.1) is 0 Å². The summed E-state index contributed by atoms with van der Waals surface area (Å²) in [6.07, 6.45) is 1.58. The van der Waals surface area contributed by atoms with Crippen LogP contribution in [0.3, 0.4) is 0 Å². The molecule has 0 saturated heterocycles. The van der Waals surface area contributed by atoms with E-state index in [1.807, 2.05) is 60.7 Å². The third-order valence-corrected chi connectivity index (χ3v) is 5.37. The van der Waals surface area contributed by atoms with Crippen molar-refractivity contribution < 1.29 is 4.79 Å². The van der Waals surface area contributed by atoms with Gasteiger partial charge in [0.1, 0.15) is 0 Å². The number of H-pyrrole nitrogens is 1. The number of aryl methyl sites for hydroxylation is 2. The molecule has 0 spiro atoms. The standard InChI is InChI=1S/C24H24N4O2/c1-27(14-8-11-18-15-21(26-25-18)17-9-4-3-5-10-17)24(30)20-16-23(29)28(2)22-13-7-6-12-19(20)22/h3-7,9-10,12-13,15-16H,8,11,14H2,1-2H3,(H,25,26). The maximum atomic E-state index is 13.0. The van der Waals surface area contributed by atoms with Crippen LogP contribution in [0.15, 0.2) is 71.5 Å². The molecule has 0 unspecified atom stereocenters. The van der Waals surface area contributed by atoms with Crippen LogP contribution in [0.5, 0.6) is 0 Å². The fourth-order valence-electron chi connectivity index (χ4n) is 3.65. The van der Waals surface area contributed by atoms with E-state index < -0.39 is 0 Å². The summed E-state index contributed by atoms with van der Waals surface area (Å²) in [6, 6.07) is 21.0. The van der Waals surface area contributed by atoms with Crippen molar-refractivity contribution in [2.24, 2.45) is 7.05 Å². The van der Waals surface area contributed by atoms with Gasteiger partial charge in [0.2, 0.25) is 0 Å². The van der Waals surface area contributed by atoms with Crippen LogP contribution in [-0.2, 0) is 13.5 Å². The summed E-state index contributed by atoms with van der Waals surface area (Å²) in [5.41, 5.74) is 4.05. The third kappa shape index (κ3) is 3.89. The molecule has 2 aromatic heterocycles. The molecule has 0 fully saturated rings. The predicted octanol–water partition coefficient (Wildman–Crippen LogP) is 3.63. The van der Waals surface area contributed by atoms with Crippen LogP contribution in [-0.4, -0.2) is 39.2 Å². The molecule has 152 valence electrons. The van der Waals surface area contributed by atoms with Crippen LogP contribution in [0.2, 0.25) is 0 Å². The Balaban J connectivity index is 1.43. The number of benzene rings is 2. The molecule has 0 bridgehead atoms. The van der Waals surface area contributed by atoms with Crippen LogP contribution in [0.4, 0.5) is 0 Å². The summed E-state index contributed by atoms with van der Waals surface area (Å²) in [5.74, 6) is -0.140. The van der Waals surface area contributed by atoms with Crippen LogP contribution in [0.25, 0.3) is 22.2 Å². The normalized spacial score (nSPS) is 11.0. The van der Waals surface area contributed by atoms with Gasteiger partial charge in [-0.1, -0.05) is 48.5 Å². The van der Waals surface area contributed by atoms with E-state index in [2.05, 4.69) is 10.2 Å². The summed E-state index contributed by atoms with van der Waals surface area (Å²) >= 11 is 0. The number of hydrogen-bond donors (Lipinski definition) is 1. The minimum atomic E-state index is -0.184. The zero-order valence-electron chi connectivity index (χ0n) is 17.1. The Morgan fingerprint density at radius 2 is 1.80 bits per heavy atom. The molecule has 0 atom stereocenters. The van der Waals surface area contributed by atoms with Crippen LogP contribution in [0.1, 0.15) is 22.5 Å². The molecule has 6 nitrogen and oxygen atoms in total. The highest BCUT2D eigenvalue weighted by Crippen LogP contribution is 2.19. The Labute approximate surface area is 174 Å². The largest absolute Gasteiger partial charge is 0.342 e. The van der Waals surface area contributed by atoms with Gasteiger partial charge in [0.05, 0.1) is 16.8 Å². The van der Waals surface area contributed by atoms with Gasteiger partial charge < -0.3 is 9.47 Å². The Bertz CT molecular complexity index is 1240. The summed E-state index contributed by atoms with van der Waals surface area (Å²) in [5, 5.41) is 8.25. The van der Waals surface area contributed by atoms with Gasteiger partial charge in [-0.2, -0.15) is 5.10 Å². The molecule has 1 amide bonds. The molecule has 0 aliphatic rings. The lowest BCUT2D eigenvalue weighted by Gasteiger charge is -2.18. The van der Waals surface area contributed by atoms with Gasteiger partial charge in [-0.05, 0) is 25.0 Å². The fourth-order valence-corrected chi connectivity index (χ4v) is 3.65. The van der Waals surface area contributed by atoms with Crippen molar-refractivity contribution in [2.45, 2.75) is 12.8 Å². The molecule has 0 aliphatic heterocycles. The number of aromatic nitrogens is 3. The highest BCUT2D eigenvalue weighted by atomic mass is 16.2. The average Bonchev–Trinajstić information content (AvgIpc) is 3.25. The molecule has 0 saturated carbocycles. The smallest absolute Gasteiger partial charge is 0.254 e.